The van der Waals surface area contributed by atoms with E-state index in [1.807, 2.05) is 18.2 Å². The summed E-state index contributed by atoms with van der Waals surface area (Å²) in [5.74, 6) is 0. The van der Waals surface area contributed by atoms with Crippen LogP contribution in [0, 0.1) is 0 Å². The highest BCUT2D eigenvalue weighted by atomic mass is 35.5. The van der Waals surface area contributed by atoms with E-state index in [4.69, 9.17) is 11.6 Å². The van der Waals surface area contributed by atoms with Crippen LogP contribution in [-0.2, 0) is 0 Å². The van der Waals surface area contributed by atoms with Crippen molar-refractivity contribution in [3.63, 3.8) is 0 Å². The summed E-state index contributed by atoms with van der Waals surface area (Å²) in [6.45, 7) is 0. The first-order valence-corrected chi connectivity index (χ1v) is 18.5. The van der Waals surface area contributed by atoms with E-state index in [1.54, 1.807) is 11.8 Å². The van der Waals surface area contributed by atoms with E-state index in [2.05, 4.69) is 204 Å². The van der Waals surface area contributed by atoms with Gasteiger partial charge in [-0.25, -0.2) is 0 Å². The Balaban J connectivity index is 1.39. The maximum atomic E-state index is 6.52. The molecule has 0 N–H and O–H groups in total. The first-order chi connectivity index (χ1) is 25.7. The van der Waals surface area contributed by atoms with Crippen LogP contribution in [0.25, 0.3) is 22.3 Å². The second-order valence-electron chi connectivity index (χ2n) is 12.4. The quantitative estimate of drug-likeness (QED) is 0.140. The van der Waals surface area contributed by atoms with E-state index in [9.17, 15) is 0 Å². The Kier molecular flexibility index (Phi) is 9.88. The lowest BCUT2D eigenvalue weighted by molar-refractivity contribution is 1.22. The molecule has 0 saturated carbocycles. The van der Waals surface area contributed by atoms with Crippen molar-refractivity contribution in [3.05, 3.63) is 217 Å². The van der Waals surface area contributed by atoms with Gasteiger partial charge in [-0.3, -0.25) is 0 Å². The minimum Gasteiger partial charge on any atom is -0.310 e. The van der Waals surface area contributed by atoms with Gasteiger partial charge in [0.1, 0.15) is 0 Å². The van der Waals surface area contributed by atoms with Crippen molar-refractivity contribution in [2.45, 2.75) is 9.79 Å². The average Bonchev–Trinajstić information content (AvgIpc) is 3.20. The van der Waals surface area contributed by atoms with Crippen LogP contribution in [0.4, 0.5) is 34.1 Å². The van der Waals surface area contributed by atoms with Gasteiger partial charge in [-0.15, -0.1) is 0 Å². The molecular weight excluding hydrogens is 672 g/mol. The van der Waals surface area contributed by atoms with Crippen LogP contribution in [0.2, 0.25) is 5.02 Å². The SMILES string of the molecule is Clc1cccc(Sc2cc(N(c3ccccc3)c3ccccc3-c3ccccc3)cc(N(c3ccccc3)c3ccccc3-c3ccccc3)c2)c1. The predicted molar refractivity (Wildman–Crippen MR) is 222 cm³/mol. The molecule has 0 bridgehead atoms. The highest BCUT2D eigenvalue weighted by molar-refractivity contribution is 7.99. The Morgan fingerprint density at radius 2 is 0.750 bits per heavy atom. The first kappa shape index (κ1) is 33.2. The molecule has 52 heavy (non-hydrogen) atoms. The van der Waals surface area contributed by atoms with Crippen LogP contribution in [0.15, 0.2) is 222 Å². The van der Waals surface area contributed by atoms with Gasteiger partial charge >= 0.3 is 0 Å². The molecule has 0 aromatic heterocycles. The molecule has 0 radical (unpaired) electrons. The number of halogens is 1. The first-order valence-electron chi connectivity index (χ1n) is 17.3. The average molecular weight is 707 g/mol. The minimum absolute atomic E-state index is 0.715. The smallest absolute Gasteiger partial charge is 0.0540 e. The zero-order valence-corrected chi connectivity index (χ0v) is 30.0. The molecule has 0 spiro atoms. The third-order valence-electron chi connectivity index (χ3n) is 8.91. The van der Waals surface area contributed by atoms with Crippen LogP contribution in [0.3, 0.4) is 0 Å². The Hall–Kier alpha value is -6.00. The predicted octanol–water partition coefficient (Wildman–Crippen LogP) is 14.8. The lowest BCUT2D eigenvalue weighted by Gasteiger charge is -2.32. The van der Waals surface area contributed by atoms with E-state index in [0.717, 1.165) is 66.2 Å². The number of hydrogen-bond acceptors (Lipinski definition) is 3. The molecule has 2 nitrogen and oxygen atoms in total. The van der Waals surface area contributed by atoms with Gasteiger partial charge in [0.15, 0.2) is 0 Å². The van der Waals surface area contributed by atoms with E-state index in [1.165, 1.54) is 0 Å². The highest BCUT2D eigenvalue weighted by Crippen LogP contribution is 2.47. The maximum absolute atomic E-state index is 6.52. The summed E-state index contributed by atoms with van der Waals surface area (Å²) < 4.78 is 0. The Bertz CT molecular complexity index is 2260. The van der Waals surface area contributed by atoms with E-state index < -0.39 is 0 Å². The van der Waals surface area contributed by atoms with Gasteiger partial charge in [-0.2, -0.15) is 0 Å². The molecule has 0 atom stereocenters. The van der Waals surface area contributed by atoms with Crippen molar-refractivity contribution in [3.8, 4) is 22.3 Å². The van der Waals surface area contributed by atoms with Crippen molar-refractivity contribution in [2.75, 3.05) is 9.80 Å². The van der Waals surface area contributed by atoms with Crippen LogP contribution < -0.4 is 9.80 Å². The van der Waals surface area contributed by atoms with Gasteiger partial charge in [0.05, 0.1) is 11.4 Å². The summed E-state index contributed by atoms with van der Waals surface area (Å²) in [4.78, 5) is 6.91. The fourth-order valence-electron chi connectivity index (χ4n) is 6.62. The lowest BCUT2D eigenvalue weighted by atomic mass is 10.0. The zero-order valence-electron chi connectivity index (χ0n) is 28.4. The van der Waals surface area contributed by atoms with Gasteiger partial charge in [-0.05, 0) is 83.9 Å². The molecule has 250 valence electrons. The molecule has 4 heteroatoms. The van der Waals surface area contributed by atoms with E-state index in [0.29, 0.717) is 5.02 Å². The molecule has 8 rings (SSSR count). The normalized spacial score (nSPS) is 10.9. The second-order valence-corrected chi connectivity index (χ2v) is 13.9. The Morgan fingerprint density at radius 1 is 0.327 bits per heavy atom. The van der Waals surface area contributed by atoms with Crippen LogP contribution >= 0.6 is 23.4 Å². The van der Waals surface area contributed by atoms with Crippen LogP contribution in [-0.4, -0.2) is 0 Å². The summed E-state index contributed by atoms with van der Waals surface area (Å²) in [5, 5.41) is 0.715. The molecule has 0 aliphatic rings. The van der Waals surface area contributed by atoms with Crippen molar-refractivity contribution >= 4 is 57.5 Å². The number of anilines is 6. The number of hydrogen-bond donors (Lipinski definition) is 0. The zero-order chi connectivity index (χ0) is 35.1. The number of benzene rings is 8. The highest BCUT2D eigenvalue weighted by Gasteiger charge is 2.22. The fourth-order valence-corrected chi connectivity index (χ4v) is 7.84. The largest absolute Gasteiger partial charge is 0.310 e. The number of nitrogens with zero attached hydrogens (tertiary/aromatic N) is 2. The van der Waals surface area contributed by atoms with Crippen molar-refractivity contribution in [1.82, 2.24) is 0 Å². The minimum atomic E-state index is 0.715. The maximum Gasteiger partial charge on any atom is 0.0540 e. The summed E-state index contributed by atoms with van der Waals surface area (Å²) in [7, 11) is 0. The van der Waals surface area contributed by atoms with Gasteiger partial charge in [-0.1, -0.05) is 163 Å². The molecule has 8 aromatic rings. The monoisotopic (exact) mass is 706 g/mol. The summed E-state index contributed by atoms with van der Waals surface area (Å²) in [5.41, 5.74) is 11.0. The fraction of sp³-hybridized carbons (Fsp3) is 0. The Labute approximate surface area is 315 Å². The molecule has 0 unspecified atom stereocenters. The standard InChI is InChI=1S/C48H35ClN2S/c49-38-22-17-27-43(32-38)52-44-34-41(50(39-23-9-3-10-24-39)47-30-15-13-28-45(47)36-18-5-1-6-19-36)33-42(35-44)51(40-25-11-4-12-26-40)48-31-16-14-29-46(48)37-20-7-2-8-21-37/h1-35H. The molecule has 0 saturated heterocycles. The molecule has 8 aromatic carbocycles. The summed E-state index contributed by atoms with van der Waals surface area (Å²) >= 11 is 8.23. The van der Waals surface area contributed by atoms with Gasteiger partial charge in [0, 0.05) is 48.7 Å². The Morgan fingerprint density at radius 3 is 1.21 bits per heavy atom. The number of para-hydroxylation sites is 4. The molecule has 0 aliphatic heterocycles. The molecule has 0 amide bonds. The molecule has 0 fully saturated rings. The molecular formula is C48H35ClN2S. The summed E-state index contributed by atoms with van der Waals surface area (Å²) in [6, 6.07) is 74.8. The molecule has 0 aliphatic carbocycles. The topological polar surface area (TPSA) is 6.48 Å². The summed E-state index contributed by atoms with van der Waals surface area (Å²) in [6.07, 6.45) is 0. The van der Waals surface area contributed by atoms with Crippen molar-refractivity contribution in [1.29, 1.82) is 0 Å². The third-order valence-corrected chi connectivity index (χ3v) is 10.1. The lowest BCUT2D eigenvalue weighted by Crippen LogP contribution is -2.14. The van der Waals surface area contributed by atoms with Gasteiger partial charge in [0.25, 0.3) is 0 Å². The van der Waals surface area contributed by atoms with Crippen LogP contribution in [0.1, 0.15) is 0 Å². The van der Waals surface area contributed by atoms with Crippen LogP contribution in [0.5, 0.6) is 0 Å². The van der Waals surface area contributed by atoms with Gasteiger partial charge < -0.3 is 9.80 Å². The second kappa shape index (κ2) is 15.5. The van der Waals surface area contributed by atoms with Crippen molar-refractivity contribution < 1.29 is 0 Å². The van der Waals surface area contributed by atoms with E-state index in [-0.39, 0.29) is 0 Å². The van der Waals surface area contributed by atoms with Crippen molar-refractivity contribution in [2.24, 2.45) is 0 Å². The van der Waals surface area contributed by atoms with E-state index >= 15 is 0 Å². The number of rotatable bonds is 10. The third kappa shape index (κ3) is 7.24. The van der Waals surface area contributed by atoms with Gasteiger partial charge in [0.2, 0.25) is 0 Å². The molecule has 0 heterocycles.